The van der Waals surface area contributed by atoms with Crippen LogP contribution in [0.5, 0.6) is 0 Å². The molecule has 0 radical (unpaired) electrons. The maximum atomic E-state index is 2.27. The smallest absolute Gasteiger partial charge is 0.0989 e. The fourth-order valence-corrected chi connectivity index (χ4v) is 2.61. The van der Waals surface area contributed by atoms with Crippen molar-refractivity contribution in [1.82, 2.24) is 0 Å². The van der Waals surface area contributed by atoms with Crippen molar-refractivity contribution in [2.24, 2.45) is 0 Å². The summed E-state index contributed by atoms with van der Waals surface area (Å²) in [5.74, 6) is 0. The molecule has 0 unspecified atom stereocenters. The zero-order valence-electron chi connectivity index (χ0n) is 12.6. The summed E-state index contributed by atoms with van der Waals surface area (Å²) >= 11 is 0. The van der Waals surface area contributed by atoms with Gasteiger partial charge in [-0.1, -0.05) is 43.7 Å². The molecule has 0 atom stereocenters. The lowest BCUT2D eigenvalue weighted by atomic mass is 10.1. The van der Waals surface area contributed by atoms with Crippen LogP contribution in [0.25, 0.3) is 0 Å². The SMILES string of the molecule is CCCCc1ccc(N2C=CN(c3ccccc3)C2)cc1. The lowest BCUT2D eigenvalue weighted by molar-refractivity contribution is 0.795. The van der Waals surface area contributed by atoms with E-state index in [1.807, 2.05) is 0 Å². The minimum Gasteiger partial charge on any atom is -0.328 e. The second-order valence-electron chi connectivity index (χ2n) is 5.48. The van der Waals surface area contributed by atoms with E-state index in [2.05, 4.69) is 83.7 Å². The molecule has 0 saturated heterocycles. The molecule has 0 aliphatic carbocycles. The van der Waals surface area contributed by atoms with Crippen LogP contribution in [0.1, 0.15) is 25.3 Å². The first-order valence-electron chi connectivity index (χ1n) is 7.72. The molecule has 0 saturated carbocycles. The van der Waals surface area contributed by atoms with Crippen LogP contribution in [-0.2, 0) is 6.42 Å². The van der Waals surface area contributed by atoms with E-state index in [0.29, 0.717) is 0 Å². The number of benzene rings is 2. The van der Waals surface area contributed by atoms with Crippen LogP contribution >= 0.6 is 0 Å². The van der Waals surface area contributed by atoms with Crippen LogP contribution in [-0.4, -0.2) is 6.67 Å². The average Bonchev–Trinajstić information content (AvgIpc) is 3.04. The van der Waals surface area contributed by atoms with Crippen LogP contribution in [0, 0.1) is 0 Å². The molecule has 0 amide bonds. The predicted molar refractivity (Wildman–Crippen MR) is 90.5 cm³/mol. The van der Waals surface area contributed by atoms with Crippen molar-refractivity contribution in [3.05, 3.63) is 72.6 Å². The quantitative estimate of drug-likeness (QED) is 0.776. The van der Waals surface area contributed by atoms with Crippen molar-refractivity contribution in [3.63, 3.8) is 0 Å². The topological polar surface area (TPSA) is 6.48 Å². The monoisotopic (exact) mass is 278 g/mol. The third kappa shape index (κ3) is 3.27. The number of aryl methyl sites for hydroxylation is 1. The second kappa shape index (κ2) is 6.49. The van der Waals surface area contributed by atoms with Crippen molar-refractivity contribution < 1.29 is 0 Å². The highest BCUT2D eigenvalue weighted by Gasteiger charge is 2.14. The van der Waals surface area contributed by atoms with Crippen molar-refractivity contribution in [2.75, 3.05) is 16.5 Å². The lowest BCUT2D eigenvalue weighted by Crippen LogP contribution is -2.24. The Labute approximate surface area is 127 Å². The Morgan fingerprint density at radius 2 is 1.43 bits per heavy atom. The Balaban J connectivity index is 1.65. The van der Waals surface area contributed by atoms with Gasteiger partial charge in [-0.3, -0.25) is 0 Å². The van der Waals surface area contributed by atoms with Gasteiger partial charge in [0.1, 0.15) is 0 Å². The number of rotatable bonds is 5. The van der Waals surface area contributed by atoms with E-state index in [1.54, 1.807) is 0 Å². The molecule has 2 aromatic rings. The summed E-state index contributed by atoms with van der Waals surface area (Å²) in [5.41, 5.74) is 3.92. The van der Waals surface area contributed by atoms with E-state index < -0.39 is 0 Å². The Morgan fingerprint density at radius 1 is 0.810 bits per heavy atom. The highest BCUT2D eigenvalue weighted by Crippen LogP contribution is 2.24. The van der Waals surface area contributed by atoms with Gasteiger partial charge in [0, 0.05) is 23.8 Å². The van der Waals surface area contributed by atoms with Gasteiger partial charge >= 0.3 is 0 Å². The molecular weight excluding hydrogens is 256 g/mol. The van der Waals surface area contributed by atoms with Gasteiger partial charge in [-0.2, -0.15) is 0 Å². The summed E-state index contributed by atoms with van der Waals surface area (Å²) in [6.07, 6.45) is 7.99. The third-order valence-corrected chi connectivity index (χ3v) is 3.91. The summed E-state index contributed by atoms with van der Waals surface area (Å²) in [7, 11) is 0. The van der Waals surface area contributed by atoms with E-state index in [1.165, 1.54) is 36.2 Å². The minimum absolute atomic E-state index is 0.873. The zero-order chi connectivity index (χ0) is 14.5. The van der Waals surface area contributed by atoms with Crippen molar-refractivity contribution in [3.8, 4) is 0 Å². The van der Waals surface area contributed by atoms with Crippen LogP contribution in [0.3, 0.4) is 0 Å². The van der Waals surface area contributed by atoms with Crippen LogP contribution < -0.4 is 9.80 Å². The predicted octanol–water partition coefficient (Wildman–Crippen LogP) is 4.78. The molecular formula is C19H22N2. The number of hydrogen-bond donors (Lipinski definition) is 0. The molecule has 3 rings (SSSR count). The summed E-state index contributed by atoms with van der Waals surface area (Å²) in [5, 5.41) is 0. The van der Waals surface area contributed by atoms with Gasteiger partial charge in [0.2, 0.25) is 0 Å². The van der Waals surface area contributed by atoms with Gasteiger partial charge in [-0.05, 0) is 42.7 Å². The Morgan fingerprint density at radius 3 is 2.05 bits per heavy atom. The molecule has 0 bridgehead atoms. The second-order valence-corrected chi connectivity index (χ2v) is 5.48. The zero-order valence-corrected chi connectivity index (χ0v) is 12.6. The van der Waals surface area contributed by atoms with E-state index in [-0.39, 0.29) is 0 Å². The Hall–Kier alpha value is -2.22. The average molecular weight is 278 g/mol. The molecule has 1 aliphatic heterocycles. The third-order valence-electron chi connectivity index (χ3n) is 3.91. The molecule has 1 heterocycles. The maximum Gasteiger partial charge on any atom is 0.0989 e. The largest absolute Gasteiger partial charge is 0.328 e. The molecule has 0 spiro atoms. The highest BCUT2D eigenvalue weighted by molar-refractivity contribution is 5.59. The number of anilines is 2. The first-order chi connectivity index (χ1) is 10.4. The Bertz CT molecular complexity index is 587. The van der Waals surface area contributed by atoms with Gasteiger partial charge in [0.15, 0.2) is 0 Å². The summed E-state index contributed by atoms with van der Waals surface area (Å²) in [4.78, 5) is 4.53. The number of nitrogens with zero attached hydrogens (tertiary/aromatic N) is 2. The fourth-order valence-electron chi connectivity index (χ4n) is 2.61. The van der Waals surface area contributed by atoms with Crippen molar-refractivity contribution >= 4 is 11.4 Å². The lowest BCUT2D eigenvalue weighted by Gasteiger charge is -2.21. The van der Waals surface area contributed by atoms with Gasteiger partial charge in [-0.25, -0.2) is 0 Å². The normalized spacial score (nSPS) is 14.0. The molecule has 108 valence electrons. The van der Waals surface area contributed by atoms with Crippen LogP contribution in [0.2, 0.25) is 0 Å². The molecule has 21 heavy (non-hydrogen) atoms. The number of hydrogen-bond acceptors (Lipinski definition) is 2. The molecule has 2 nitrogen and oxygen atoms in total. The van der Waals surface area contributed by atoms with E-state index >= 15 is 0 Å². The first kappa shape index (κ1) is 13.7. The van der Waals surface area contributed by atoms with Crippen LogP contribution in [0.4, 0.5) is 11.4 Å². The summed E-state index contributed by atoms with van der Waals surface area (Å²) < 4.78 is 0. The highest BCUT2D eigenvalue weighted by atomic mass is 15.3. The van der Waals surface area contributed by atoms with E-state index in [9.17, 15) is 0 Å². The maximum absolute atomic E-state index is 2.27. The van der Waals surface area contributed by atoms with Gasteiger partial charge in [-0.15, -0.1) is 0 Å². The molecule has 0 N–H and O–H groups in total. The summed E-state index contributed by atoms with van der Waals surface area (Å²) in [6.45, 7) is 3.11. The van der Waals surface area contributed by atoms with E-state index in [0.717, 1.165) is 6.67 Å². The van der Waals surface area contributed by atoms with E-state index in [4.69, 9.17) is 0 Å². The first-order valence-corrected chi connectivity index (χ1v) is 7.72. The van der Waals surface area contributed by atoms with Gasteiger partial charge in [0.25, 0.3) is 0 Å². The molecule has 2 aromatic carbocycles. The number of para-hydroxylation sites is 1. The minimum atomic E-state index is 0.873. The molecule has 0 aromatic heterocycles. The van der Waals surface area contributed by atoms with Crippen molar-refractivity contribution in [2.45, 2.75) is 26.2 Å². The van der Waals surface area contributed by atoms with Crippen molar-refractivity contribution in [1.29, 1.82) is 0 Å². The molecule has 1 aliphatic rings. The standard InChI is InChI=1S/C19H22N2/c1-2-3-7-17-10-12-19(13-11-17)21-15-14-20(16-21)18-8-5-4-6-9-18/h4-6,8-15H,2-3,7,16H2,1H3. The number of unbranched alkanes of at least 4 members (excludes halogenated alkanes) is 1. The van der Waals surface area contributed by atoms with Gasteiger partial charge in [0.05, 0.1) is 6.67 Å². The van der Waals surface area contributed by atoms with Gasteiger partial charge < -0.3 is 9.80 Å². The molecule has 0 fully saturated rings. The summed E-state index contributed by atoms with van der Waals surface area (Å²) in [6, 6.07) is 19.4. The fraction of sp³-hybridized carbons (Fsp3) is 0.263. The van der Waals surface area contributed by atoms with Crippen LogP contribution in [0.15, 0.2) is 67.0 Å². The molecule has 2 heteroatoms. The Kier molecular flexibility index (Phi) is 4.25.